The maximum Gasteiger partial charge on any atom is 0.128 e. The minimum Gasteiger partial charge on any atom is -0.393 e. The average molecular weight is 441 g/mol. The fourth-order valence-electron chi connectivity index (χ4n) is 5.17. The SMILES string of the molecule is CN/C=C(\C=N)c1cc(-c2ccc(N3CCC4(CCNCC4)C3)nc2)c2c(C#N)cnn2c1. The number of hydrogen-bond donors (Lipinski definition) is 3. The Morgan fingerprint density at radius 3 is 2.82 bits per heavy atom. The molecule has 5 rings (SSSR count). The Bertz CT molecular complexity index is 1240. The van der Waals surface area contributed by atoms with Gasteiger partial charge in [0.15, 0.2) is 0 Å². The molecule has 0 atom stereocenters. The Balaban J connectivity index is 1.51. The van der Waals surface area contributed by atoms with Gasteiger partial charge >= 0.3 is 0 Å². The zero-order valence-corrected chi connectivity index (χ0v) is 18.8. The van der Waals surface area contributed by atoms with E-state index in [0.717, 1.165) is 59.8 Å². The quantitative estimate of drug-likeness (QED) is 0.527. The van der Waals surface area contributed by atoms with Crippen LogP contribution in [0.3, 0.4) is 0 Å². The Hall–Kier alpha value is -3.70. The van der Waals surface area contributed by atoms with E-state index in [1.165, 1.54) is 25.5 Å². The molecular weight excluding hydrogens is 412 g/mol. The monoisotopic (exact) mass is 440 g/mol. The number of pyridine rings is 2. The lowest BCUT2D eigenvalue weighted by Crippen LogP contribution is -2.38. The molecule has 0 bridgehead atoms. The van der Waals surface area contributed by atoms with Gasteiger partial charge in [-0.15, -0.1) is 0 Å². The molecule has 0 aliphatic carbocycles. The number of nitrogens with one attached hydrogen (secondary N) is 3. The van der Waals surface area contributed by atoms with Gasteiger partial charge in [0, 0.05) is 67.2 Å². The zero-order chi connectivity index (χ0) is 22.8. The molecule has 0 amide bonds. The van der Waals surface area contributed by atoms with Crippen LogP contribution in [0, 0.1) is 22.2 Å². The number of nitrogens with zero attached hydrogens (tertiary/aromatic N) is 5. The van der Waals surface area contributed by atoms with Crippen LogP contribution < -0.4 is 15.5 Å². The number of piperidine rings is 1. The minimum absolute atomic E-state index is 0.425. The molecule has 2 aliphatic heterocycles. The van der Waals surface area contributed by atoms with Crippen LogP contribution in [0.15, 0.2) is 43.0 Å². The Kier molecular flexibility index (Phi) is 5.56. The van der Waals surface area contributed by atoms with Crippen molar-refractivity contribution in [3.05, 3.63) is 54.1 Å². The maximum atomic E-state index is 9.63. The molecule has 0 saturated carbocycles. The van der Waals surface area contributed by atoms with Crippen LogP contribution in [-0.4, -0.2) is 54.0 Å². The molecule has 3 aromatic rings. The lowest BCUT2D eigenvalue weighted by Gasteiger charge is -2.33. The van der Waals surface area contributed by atoms with Crippen LogP contribution in [0.2, 0.25) is 0 Å². The summed E-state index contributed by atoms with van der Waals surface area (Å²) < 4.78 is 1.71. The van der Waals surface area contributed by atoms with E-state index in [1.54, 1.807) is 24.0 Å². The summed E-state index contributed by atoms with van der Waals surface area (Å²) in [5.74, 6) is 1.01. The summed E-state index contributed by atoms with van der Waals surface area (Å²) in [7, 11) is 1.81. The molecule has 8 heteroatoms. The third-order valence-corrected chi connectivity index (χ3v) is 7.01. The summed E-state index contributed by atoms with van der Waals surface area (Å²) in [5, 5.41) is 28.3. The van der Waals surface area contributed by atoms with E-state index in [-0.39, 0.29) is 0 Å². The van der Waals surface area contributed by atoms with Crippen molar-refractivity contribution in [1.29, 1.82) is 10.7 Å². The Morgan fingerprint density at radius 2 is 2.12 bits per heavy atom. The Morgan fingerprint density at radius 1 is 1.27 bits per heavy atom. The van der Waals surface area contributed by atoms with Gasteiger partial charge in [0.25, 0.3) is 0 Å². The number of hydrogen-bond acceptors (Lipinski definition) is 7. The average Bonchev–Trinajstić information content (AvgIpc) is 3.47. The second-order valence-corrected chi connectivity index (χ2v) is 8.96. The highest BCUT2D eigenvalue weighted by Crippen LogP contribution is 2.40. The van der Waals surface area contributed by atoms with E-state index in [4.69, 9.17) is 10.4 Å². The van der Waals surface area contributed by atoms with E-state index < -0.39 is 0 Å². The molecule has 0 radical (unpaired) electrons. The normalized spacial score (nSPS) is 17.9. The number of rotatable bonds is 5. The molecule has 2 fully saturated rings. The second kappa shape index (κ2) is 8.68. The topological polar surface area (TPSA) is 105 Å². The first-order valence-electron chi connectivity index (χ1n) is 11.4. The zero-order valence-electron chi connectivity index (χ0n) is 18.8. The van der Waals surface area contributed by atoms with Crippen molar-refractivity contribution >= 4 is 23.1 Å². The molecule has 3 N–H and O–H groups in total. The molecule has 0 unspecified atom stereocenters. The van der Waals surface area contributed by atoms with Gasteiger partial charge in [-0.25, -0.2) is 9.50 Å². The standard InChI is InChI=1S/C25H28N8/c1-28-13-20(11-26)19-10-22(24-21(12-27)15-31-33(24)16-19)18-2-3-23(30-14-18)32-9-6-25(17-32)4-7-29-8-5-25/h2-3,10-11,13-16,26,28-29H,4-9,17H2,1H3/b20-13+,26-11?. The largest absolute Gasteiger partial charge is 0.393 e. The van der Waals surface area contributed by atoms with E-state index in [1.807, 2.05) is 18.5 Å². The van der Waals surface area contributed by atoms with Gasteiger partial charge in [-0.3, -0.25) is 0 Å². The van der Waals surface area contributed by atoms with Crippen LogP contribution in [0.5, 0.6) is 0 Å². The molecule has 2 aliphatic rings. The molecule has 33 heavy (non-hydrogen) atoms. The first-order chi connectivity index (χ1) is 16.2. The van der Waals surface area contributed by atoms with Crippen LogP contribution in [-0.2, 0) is 0 Å². The number of anilines is 1. The molecule has 2 saturated heterocycles. The number of nitriles is 1. The lowest BCUT2D eigenvalue weighted by atomic mass is 9.78. The number of aromatic nitrogens is 3. The summed E-state index contributed by atoms with van der Waals surface area (Å²) in [5.41, 5.74) is 5.05. The van der Waals surface area contributed by atoms with Gasteiger partial charge in [0.2, 0.25) is 0 Å². The summed E-state index contributed by atoms with van der Waals surface area (Å²) in [6.45, 7) is 4.34. The third-order valence-electron chi connectivity index (χ3n) is 7.01. The van der Waals surface area contributed by atoms with Crippen LogP contribution in [0.1, 0.15) is 30.4 Å². The summed E-state index contributed by atoms with van der Waals surface area (Å²) in [6, 6.07) is 8.41. The van der Waals surface area contributed by atoms with E-state index in [9.17, 15) is 5.26 Å². The van der Waals surface area contributed by atoms with Gasteiger partial charge in [-0.05, 0) is 56.0 Å². The number of fused-ring (bicyclic) bond motifs is 1. The first kappa shape index (κ1) is 21.2. The van der Waals surface area contributed by atoms with Crippen molar-refractivity contribution in [2.75, 3.05) is 38.1 Å². The highest BCUT2D eigenvalue weighted by atomic mass is 15.2. The van der Waals surface area contributed by atoms with E-state index in [0.29, 0.717) is 11.0 Å². The molecular formula is C25H28N8. The predicted molar refractivity (Wildman–Crippen MR) is 130 cm³/mol. The lowest BCUT2D eigenvalue weighted by molar-refractivity contribution is 0.232. The van der Waals surface area contributed by atoms with Gasteiger partial charge in [-0.2, -0.15) is 10.4 Å². The van der Waals surface area contributed by atoms with Crippen LogP contribution >= 0.6 is 0 Å². The van der Waals surface area contributed by atoms with Gasteiger partial charge in [0.05, 0.1) is 17.3 Å². The van der Waals surface area contributed by atoms with Crippen molar-refractivity contribution < 1.29 is 0 Å². The Labute approximate surface area is 193 Å². The molecule has 1 spiro atoms. The van der Waals surface area contributed by atoms with Crippen molar-refractivity contribution in [1.82, 2.24) is 25.2 Å². The van der Waals surface area contributed by atoms with Crippen molar-refractivity contribution in [2.45, 2.75) is 19.3 Å². The van der Waals surface area contributed by atoms with Gasteiger partial charge in [0.1, 0.15) is 11.9 Å². The molecule has 8 nitrogen and oxygen atoms in total. The van der Waals surface area contributed by atoms with Gasteiger partial charge < -0.3 is 20.9 Å². The smallest absolute Gasteiger partial charge is 0.128 e. The molecule has 3 aromatic heterocycles. The fraction of sp³-hybridized carbons (Fsp3) is 0.360. The van der Waals surface area contributed by atoms with E-state index in [2.05, 4.69) is 38.8 Å². The number of allylic oxidation sites excluding steroid dienone is 1. The van der Waals surface area contributed by atoms with Gasteiger partial charge in [-0.1, -0.05) is 0 Å². The highest BCUT2D eigenvalue weighted by molar-refractivity contribution is 6.08. The fourth-order valence-corrected chi connectivity index (χ4v) is 5.17. The molecule has 5 heterocycles. The van der Waals surface area contributed by atoms with Crippen molar-refractivity contribution in [3.8, 4) is 17.2 Å². The predicted octanol–water partition coefficient (Wildman–Crippen LogP) is 3.06. The van der Waals surface area contributed by atoms with Crippen LogP contribution in [0.4, 0.5) is 5.82 Å². The van der Waals surface area contributed by atoms with Crippen molar-refractivity contribution in [3.63, 3.8) is 0 Å². The van der Waals surface area contributed by atoms with E-state index >= 15 is 0 Å². The molecule has 168 valence electrons. The van der Waals surface area contributed by atoms with Crippen molar-refractivity contribution in [2.24, 2.45) is 5.41 Å². The third kappa shape index (κ3) is 3.85. The highest BCUT2D eigenvalue weighted by Gasteiger charge is 2.39. The second-order valence-electron chi connectivity index (χ2n) is 8.96. The molecule has 0 aromatic carbocycles. The summed E-state index contributed by atoms with van der Waals surface area (Å²) >= 11 is 0. The van der Waals surface area contributed by atoms with Crippen LogP contribution in [0.25, 0.3) is 22.2 Å². The summed E-state index contributed by atoms with van der Waals surface area (Å²) in [6.07, 6.45) is 12.1. The summed E-state index contributed by atoms with van der Waals surface area (Å²) in [4.78, 5) is 7.22. The first-order valence-corrected chi connectivity index (χ1v) is 11.4. The minimum atomic E-state index is 0.425. The maximum absolute atomic E-state index is 9.63.